The molecule has 1 saturated heterocycles. The fourth-order valence-corrected chi connectivity index (χ4v) is 2.45. The van der Waals surface area contributed by atoms with E-state index >= 15 is 0 Å². The zero-order valence-electron chi connectivity index (χ0n) is 13.7. The maximum absolute atomic E-state index is 12.1. The lowest BCUT2D eigenvalue weighted by molar-refractivity contribution is -0.138. The minimum atomic E-state index is -1.15. The first-order valence-corrected chi connectivity index (χ1v) is 7.90. The van der Waals surface area contributed by atoms with Gasteiger partial charge in [-0.3, -0.25) is 9.59 Å². The van der Waals surface area contributed by atoms with Crippen molar-refractivity contribution >= 4 is 17.8 Å². The molecule has 0 bridgehead atoms. The van der Waals surface area contributed by atoms with E-state index in [4.69, 9.17) is 9.84 Å². The zero-order valence-corrected chi connectivity index (χ0v) is 13.7. The Labute approximate surface area is 140 Å². The third-order valence-electron chi connectivity index (χ3n) is 3.64. The Morgan fingerprint density at radius 2 is 1.83 bits per heavy atom. The average Bonchev–Trinajstić information content (AvgIpc) is 3.33. The minimum absolute atomic E-state index is 0.218. The summed E-state index contributed by atoms with van der Waals surface area (Å²) in [5.41, 5.74) is 0.545. The van der Waals surface area contributed by atoms with Crippen LogP contribution in [0.3, 0.4) is 0 Å². The van der Waals surface area contributed by atoms with Crippen molar-refractivity contribution in [1.82, 2.24) is 10.6 Å². The van der Waals surface area contributed by atoms with E-state index in [1.54, 1.807) is 24.3 Å². The summed E-state index contributed by atoms with van der Waals surface area (Å²) < 4.78 is 4.84. The normalized spacial score (nSPS) is 20.3. The molecule has 3 atom stereocenters. The van der Waals surface area contributed by atoms with Crippen LogP contribution in [0.15, 0.2) is 30.3 Å². The summed E-state index contributed by atoms with van der Waals surface area (Å²) in [5.74, 6) is -1.51. The molecular weight excluding hydrogens is 312 g/mol. The molecule has 0 aromatic heterocycles. The number of rotatable bonds is 8. The van der Waals surface area contributed by atoms with Crippen LogP contribution in [0.4, 0.5) is 0 Å². The monoisotopic (exact) mass is 334 g/mol. The summed E-state index contributed by atoms with van der Waals surface area (Å²) in [4.78, 5) is 34.8. The van der Waals surface area contributed by atoms with E-state index in [0.29, 0.717) is 17.9 Å². The van der Waals surface area contributed by atoms with Gasteiger partial charge in [-0.05, 0) is 24.5 Å². The lowest BCUT2D eigenvalue weighted by atomic mass is 10.0. The maximum Gasteiger partial charge on any atom is 0.336 e. The van der Waals surface area contributed by atoms with Gasteiger partial charge in [0.15, 0.2) is 12.2 Å². The van der Waals surface area contributed by atoms with Crippen LogP contribution in [0.1, 0.15) is 30.6 Å². The second-order valence-corrected chi connectivity index (χ2v) is 6.23. The molecule has 1 fully saturated rings. The Morgan fingerprint density at radius 3 is 2.38 bits per heavy atom. The summed E-state index contributed by atoms with van der Waals surface area (Å²) in [5, 5.41) is 14.3. The number of hydrogen-bond donors (Lipinski definition) is 3. The van der Waals surface area contributed by atoms with Gasteiger partial charge in [0.2, 0.25) is 0 Å². The third kappa shape index (κ3) is 5.06. The largest absolute Gasteiger partial charge is 0.479 e. The Morgan fingerprint density at radius 1 is 1.17 bits per heavy atom. The predicted octanol–water partition coefficient (Wildman–Crippen LogP) is 0.799. The number of carbonyl (C=O) groups excluding carboxylic acids is 2. The molecule has 1 aliphatic rings. The molecule has 3 N–H and O–H groups in total. The molecule has 7 nitrogen and oxygen atoms in total. The highest BCUT2D eigenvalue weighted by Crippen LogP contribution is 2.22. The summed E-state index contributed by atoms with van der Waals surface area (Å²) >= 11 is 0. The summed E-state index contributed by atoms with van der Waals surface area (Å²) in [6.45, 7) is 4.28. The van der Waals surface area contributed by atoms with Gasteiger partial charge in [-0.15, -0.1) is 0 Å². The van der Waals surface area contributed by atoms with E-state index < -0.39 is 24.1 Å². The summed E-state index contributed by atoms with van der Waals surface area (Å²) in [7, 11) is 0. The van der Waals surface area contributed by atoms with Crippen LogP contribution in [0, 0.1) is 5.92 Å². The van der Waals surface area contributed by atoms with Crippen molar-refractivity contribution in [3.8, 4) is 0 Å². The number of aliphatic carboxylic acids is 1. The number of carboxylic acid groups (broad SMARTS) is 1. The minimum Gasteiger partial charge on any atom is -0.479 e. The Balaban J connectivity index is 1.88. The molecule has 1 aromatic carbocycles. The van der Waals surface area contributed by atoms with Gasteiger partial charge in [0, 0.05) is 18.2 Å². The second kappa shape index (κ2) is 7.92. The number of amides is 2. The van der Waals surface area contributed by atoms with Gasteiger partial charge in [-0.2, -0.15) is 0 Å². The Kier molecular flexibility index (Phi) is 5.92. The van der Waals surface area contributed by atoms with E-state index in [2.05, 4.69) is 10.6 Å². The van der Waals surface area contributed by atoms with Crippen LogP contribution in [0.5, 0.6) is 0 Å². The number of nitrogens with one attached hydrogen (secondary N) is 2. The van der Waals surface area contributed by atoms with Gasteiger partial charge >= 0.3 is 5.97 Å². The van der Waals surface area contributed by atoms with Crippen LogP contribution in [-0.4, -0.2) is 47.7 Å². The molecule has 0 saturated carbocycles. The van der Waals surface area contributed by atoms with Crippen LogP contribution in [-0.2, 0) is 14.3 Å². The molecular formula is C17H22N2O5. The molecule has 24 heavy (non-hydrogen) atoms. The average molecular weight is 334 g/mol. The van der Waals surface area contributed by atoms with Crippen molar-refractivity contribution in [1.29, 1.82) is 0 Å². The number of carboxylic acids is 1. The molecule has 0 radical (unpaired) electrons. The van der Waals surface area contributed by atoms with Crippen LogP contribution >= 0.6 is 0 Å². The number of hydrogen-bond acceptors (Lipinski definition) is 4. The molecule has 1 aromatic rings. The van der Waals surface area contributed by atoms with Crippen molar-refractivity contribution < 1.29 is 24.2 Å². The van der Waals surface area contributed by atoms with Crippen molar-refractivity contribution in [2.45, 2.75) is 38.5 Å². The van der Waals surface area contributed by atoms with Crippen molar-refractivity contribution in [2.75, 3.05) is 6.54 Å². The van der Waals surface area contributed by atoms with Crippen molar-refractivity contribution in [2.24, 2.45) is 5.92 Å². The first kappa shape index (κ1) is 17.9. The highest BCUT2D eigenvalue weighted by Gasteiger charge is 2.51. The topological polar surface area (TPSA) is 108 Å². The molecule has 1 heterocycles. The van der Waals surface area contributed by atoms with Crippen LogP contribution in [0.2, 0.25) is 0 Å². The first-order chi connectivity index (χ1) is 11.4. The predicted molar refractivity (Wildman–Crippen MR) is 86.5 cm³/mol. The number of ether oxygens (including phenoxy) is 1. The zero-order chi connectivity index (χ0) is 17.7. The fourth-order valence-electron chi connectivity index (χ4n) is 2.45. The number of benzene rings is 1. The molecule has 130 valence electrons. The molecule has 1 aliphatic heterocycles. The number of carbonyl (C=O) groups is 3. The van der Waals surface area contributed by atoms with Gasteiger partial charge in [0.1, 0.15) is 0 Å². The second-order valence-electron chi connectivity index (χ2n) is 6.23. The van der Waals surface area contributed by atoms with Gasteiger partial charge in [0.05, 0.1) is 0 Å². The van der Waals surface area contributed by atoms with Gasteiger partial charge in [-0.1, -0.05) is 32.0 Å². The molecule has 2 amide bonds. The molecule has 0 aliphatic carbocycles. The van der Waals surface area contributed by atoms with Gasteiger partial charge in [0.25, 0.3) is 11.8 Å². The smallest absolute Gasteiger partial charge is 0.336 e. The van der Waals surface area contributed by atoms with Gasteiger partial charge in [-0.25, -0.2) is 4.79 Å². The SMILES string of the molecule is CC(C)C[C@@H](CNC(=O)c1ccccc1)NC(=O)[C@H]1O[C@@H]1C(=O)O. The first-order valence-electron chi connectivity index (χ1n) is 7.90. The lowest BCUT2D eigenvalue weighted by Crippen LogP contribution is -2.46. The highest BCUT2D eigenvalue weighted by molar-refractivity contribution is 5.94. The number of epoxide rings is 1. The van der Waals surface area contributed by atoms with Crippen LogP contribution in [0.25, 0.3) is 0 Å². The van der Waals surface area contributed by atoms with Gasteiger partial charge < -0.3 is 20.5 Å². The van der Waals surface area contributed by atoms with E-state index in [1.807, 2.05) is 19.9 Å². The maximum atomic E-state index is 12.1. The summed E-state index contributed by atoms with van der Waals surface area (Å²) in [6.07, 6.45) is -1.35. The van der Waals surface area contributed by atoms with Crippen molar-refractivity contribution in [3.05, 3.63) is 35.9 Å². The Bertz CT molecular complexity index is 602. The molecule has 2 rings (SSSR count). The third-order valence-corrected chi connectivity index (χ3v) is 3.64. The molecule has 7 heteroatoms. The summed E-state index contributed by atoms with van der Waals surface area (Å²) in [6, 6.07) is 8.51. The quantitative estimate of drug-likeness (QED) is 0.610. The fraction of sp³-hybridized carbons (Fsp3) is 0.471. The standard InChI is InChI=1S/C17H22N2O5/c1-10(2)8-12(19-16(21)13-14(24-13)17(22)23)9-18-15(20)11-6-4-3-5-7-11/h3-7,10,12-14H,8-9H2,1-2H3,(H,18,20)(H,19,21)(H,22,23)/t12-,13-,14-/m0/s1. The lowest BCUT2D eigenvalue weighted by Gasteiger charge is -2.21. The molecule has 0 unspecified atom stereocenters. The van der Waals surface area contributed by atoms with E-state index in [-0.39, 0.29) is 18.5 Å². The molecule has 0 spiro atoms. The van der Waals surface area contributed by atoms with E-state index in [1.165, 1.54) is 0 Å². The highest BCUT2D eigenvalue weighted by atomic mass is 16.6. The van der Waals surface area contributed by atoms with Crippen molar-refractivity contribution in [3.63, 3.8) is 0 Å². The van der Waals surface area contributed by atoms with E-state index in [9.17, 15) is 14.4 Å². The van der Waals surface area contributed by atoms with Crippen LogP contribution < -0.4 is 10.6 Å². The van der Waals surface area contributed by atoms with E-state index in [0.717, 1.165) is 0 Å². The Hall–Kier alpha value is -2.41.